The molecule has 2 N–H and O–H groups in total. The summed E-state index contributed by atoms with van der Waals surface area (Å²) in [4.78, 5) is 23.8. The predicted octanol–water partition coefficient (Wildman–Crippen LogP) is 1.82. The van der Waals surface area contributed by atoms with Crippen molar-refractivity contribution in [3.63, 3.8) is 0 Å². The van der Waals surface area contributed by atoms with Gasteiger partial charge in [0.05, 0.1) is 5.75 Å². The summed E-state index contributed by atoms with van der Waals surface area (Å²) < 4.78 is 1.79. The van der Waals surface area contributed by atoms with Crippen molar-refractivity contribution in [2.45, 2.75) is 5.16 Å². The third kappa shape index (κ3) is 4.45. The van der Waals surface area contributed by atoms with Crippen molar-refractivity contribution < 1.29 is 9.59 Å². The smallest absolute Gasteiger partial charge is 0.269 e. The van der Waals surface area contributed by atoms with Gasteiger partial charge in [0.1, 0.15) is 6.33 Å². The van der Waals surface area contributed by atoms with Gasteiger partial charge in [0.15, 0.2) is 5.16 Å². The molecule has 2 amide bonds. The van der Waals surface area contributed by atoms with Gasteiger partial charge in [0.2, 0.25) is 5.91 Å². The van der Waals surface area contributed by atoms with Crippen LogP contribution >= 0.6 is 11.8 Å². The van der Waals surface area contributed by atoms with Gasteiger partial charge >= 0.3 is 0 Å². The Morgan fingerprint density at radius 1 is 0.960 bits per heavy atom. The monoisotopic (exact) mass is 353 g/mol. The first-order chi connectivity index (χ1) is 12.2. The number of nitrogens with zero attached hydrogens (tertiary/aromatic N) is 3. The molecule has 0 fully saturated rings. The highest BCUT2D eigenvalue weighted by molar-refractivity contribution is 7.99. The van der Waals surface area contributed by atoms with Gasteiger partial charge in [-0.25, -0.2) is 0 Å². The Kier molecular flexibility index (Phi) is 5.43. The van der Waals surface area contributed by atoms with Crippen LogP contribution < -0.4 is 10.9 Å². The third-order valence-electron chi connectivity index (χ3n) is 3.23. The average Bonchev–Trinajstić information content (AvgIpc) is 3.14. The van der Waals surface area contributed by atoms with Crippen LogP contribution in [0.4, 0.5) is 0 Å². The zero-order valence-electron chi connectivity index (χ0n) is 13.1. The number of thioether (sulfide) groups is 1. The SMILES string of the molecule is O=C(CSc1nncn1-c1ccccc1)NNC(=O)c1ccccc1. The zero-order valence-corrected chi connectivity index (χ0v) is 13.9. The molecule has 0 aliphatic carbocycles. The normalized spacial score (nSPS) is 10.2. The lowest BCUT2D eigenvalue weighted by Crippen LogP contribution is -2.42. The van der Waals surface area contributed by atoms with Crippen molar-refractivity contribution in [2.75, 3.05) is 5.75 Å². The number of amides is 2. The first-order valence-corrected chi connectivity index (χ1v) is 8.45. The lowest BCUT2D eigenvalue weighted by Gasteiger charge is -2.08. The Morgan fingerprint density at radius 2 is 1.64 bits per heavy atom. The van der Waals surface area contributed by atoms with E-state index in [1.807, 2.05) is 36.4 Å². The summed E-state index contributed by atoms with van der Waals surface area (Å²) in [5.74, 6) is -0.607. The number of benzene rings is 2. The Labute approximate surface area is 148 Å². The molecule has 0 atom stereocenters. The van der Waals surface area contributed by atoms with Crippen LogP contribution in [0.5, 0.6) is 0 Å². The van der Waals surface area contributed by atoms with E-state index in [1.165, 1.54) is 11.8 Å². The summed E-state index contributed by atoms with van der Waals surface area (Å²) in [5, 5.41) is 8.49. The molecule has 0 aliphatic rings. The molecule has 0 bridgehead atoms. The fourth-order valence-electron chi connectivity index (χ4n) is 2.04. The average molecular weight is 353 g/mol. The highest BCUT2D eigenvalue weighted by atomic mass is 32.2. The highest BCUT2D eigenvalue weighted by Crippen LogP contribution is 2.18. The maximum Gasteiger partial charge on any atom is 0.269 e. The predicted molar refractivity (Wildman–Crippen MR) is 94.1 cm³/mol. The molecule has 0 saturated carbocycles. The highest BCUT2D eigenvalue weighted by Gasteiger charge is 2.11. The van der Waals surface area contributed by atoms with Gasteiger partial charge in [-0.3, -0.25) is 25.0 Å². The minimum Gasteiger partial charge on any atom is -0.277 e. The molecular weight excluding hydrogens is 338 g/mol. The molecule has 25 heavy (non-hydrogen) atoms. The van der Waals surface area contributed by atoms with Crippen LogP contribution in [0.2, 0.25) is 0 Å². The van der Waals surface area contributed by atoms with Crippen LogP contribution in [-0.2, 0) is 4.79 Å². The fourth-order valence-corrected chi connectivity index (χ4v) is 2.77. The van der Waals surface area contributed by atoms with E-state index in [0.29, 0.717) is 10.7 Å². The standard InChI is InChI=1S/C17H15N5O2S/c23-15(19-20-16(24)13-7-3-1-4-8-13)11-25-17-21-18-12-22(17)14-9-5-2-6-10-14/h1-10,12H,11H2,(H,19,23)(H,20,24). The second-order valence-electron chi connectivity index (χ2n) is 4.98. The van der Waals surface area contributed by atoms with E-state index < -0.39 is 0 Å². The minimum atomic E-state index is -0.369. The van der Waals surface area contributed by atoms with Crippen molar-refractivity contribution in [1.82, 2.24) is 25.6 Å². The fraction of sp³-hybridized carbons (Fsp3) is 0.0588. The quantitative estimate of drug-likeness (QED) is 0.539. The Balaban J connectivity index is 1.52. The van der Waals surface area contributed by atoms with Gasteiger partial charge in [-0.2, -0.15) is 0 Å². The molecule has 1 aromatic heterocycles. The third-order valence-corrected chi connectivity index (χ3v) is 4.18. The first kappa shape index (κ1) is 16.7. The van der Waals surface area contributed by atoms with Gasteiger partial charge in [-0.1, -0.05) is 48.2 Å². The number of hydrazine groups is 1. The van der Waals surface area contributed by atoms with E-state index >= 15 is 0 Å². The van der Waals surface area contributed by atoms with Crippen molar-refractivity contribution in [2.24, 2.45) is 0 Å². The maximum absolute atomic E-state index is 11.9. The molecule has 7 nitrogen and oxygen atoms in total. The molecule has 0 radical (unpaired) electrons. The Bertz CT molecular complexity index is 852. The van der Waals surface area contributed by atoms with Gasteiger partial charge < -0.3 is 0 Å². The molecule has 0 spiro atoms. The lowest BCUT2D eigenvalue weighted by atomic mass is 10.2. The van der Waals surface area contributed by atoms with E-state index in [4.69, 9.17) is 0 Å². The first-order valence-electron chi connectivity index (χ1n) is 7.46. The van der Waals surface area contributed by atoms with Crippen LogP contribution in [0.1, 0.15) is 10.4 Å². The molecule has 2 aromatic carbocycles. The maximum atomic E-state index is 11.9. The van der Waals surface area contributed by atoms with Gasteiger partial charge in [0.25, 0.3) is 5.91 Å². The number of hydrogen-bond acceptors (Lipinski definition) is 5. The number of carbonyl (C=O) groups is 2. The number of rotatable bonds is 5. The second-order valence-corrected chi connectivity index (χ2v) is 5.92. The summed E-state index contributed by atoms with van der Waals surface area (Å²) in [6.07, 6.45) is 1.59. The topological polar surface area (TPSA) is 88.9 Å². The Morgan fingerprint density at radius 3 is 2.36 bits per heavy atom. The lowest BCUT2D eigenvalue weighted by molar-refractivity contribution is -0.119. The van der Waals surface area contributed by atoms with E-state index in [9.17, 15) is 9.59 Å². The molecule has 3 rings (SSSR count). The van der Waals surface area contributed by atoms with Crippen LogP contribution in [0, 0.1) is 0 Å². The van der Waals surface area contributed by atoms with Gasteiger partial charge in [0, 0.05) is 11.3 Å². The molecule has 3 aromatic rings. The van der Waals surface area contributed by atoms with Crippen LogP contribution in [0.15, 0.2) is 72.1 Å². The van der Waals surface area contributed by atoms with Crippen molar-refractivity contribution >= 4 is 23.6 Å². The summed E-state index contributed by atoms with van der Waals surface area (Å²) in [7, 11) is 0. The molecule has 1 heterocycles. The molecule has 126 valence electrons. The van der Waals surface area contributed by atoms with E-state index in [2.05, 4.69) is 21.0 Å². The number of aromatic nitrogens is 3. The zero-order chi connectivity index (χ0) is 17.5. The molecule has 0 aliphatic heterocycles. The molecular formula is C17H15N5O2S. The minimum absolute atomic E-state index is 0.0978. The van der Waals surface area contributed by atoms with Crippen molar-refractivity contribution in [3.8, 4) is 5.69 Å². The number of nitrogens with one attached hydrogen (secondary N) is 2. The van der Waals surface area contributed by atoms with Gasteiger partial charge in [-0.05, 0) is 24.3 Å². The molecule has 0 saturated heterocycles. The van der Waals surface area contributed by atoms with Crippen LogP contribution in [0.3, 0.4) is 0 Å². The van der Waals surface area contributed by atoms with Crippen LogP contribution in [-0.4, -0.2) is 32.3 Å². The number of para-hydroxylation sites is 1. The summed E-state index contributed by atoms with van der Waals surface area (Å²) in [6, 6.07) is 18.2. The largest absolute Gasteiger partial charge is 0.277 e. The number of carbonyl (C=O) groups excluding carboxylic acids is 2. The summed E-state index contributed by atoms with van der Waals surface area (Å²) in [5.41, 5.74) is 6.15. The Hall–Kier alpha value is -3.13. The molecule has 8 heteroatoms. The second kappa shape index (κ2) is 8.11. The van der Waals surface area contributed by atoms with Gasteiger partial charge in [-0.15, -0.1) is 10.2 Å². The van der Waals surface area contributed by atoms with E-state index in [1.54, 1.807) is 35.2 Å². The van der Waals surface area contributed by atoms with E-state index in [0.717, 1.165) is 5.69 Å². The van der Waals surface area contributed by atoms with Crippen molar-refractivity contribution in [3.05, 3.63) is 72.6 Å². The van der Waals surface area contributed by atoms with Crippen molar-refractivity contribution in [1.29, 1.82) is 0 Å². The number of hydrogen-bond donors (Lipinski definition) is 2. The summed E-state index contributed by atoms with van der Waals surface area (Å²) >= 11 is 1.23. The summed E-state index contributed by atoms with van der Waals surface area (Å²) in [6.45, 7) is 0. The molecule has 0 unspecified atom stereocenters. The van der Waals surface area contributed by atoms with Crippen LogP contribution in [0.25, 0.3) is 5.69 Å². The van der Waals surface area contributed by atoms with E-state index in [-0.39, 0.29) is 17.6 Å².